The van der Waals surface area contributed by atoms with Crippen LogP contribution in [0.15, 0.2) is 0 Å². The van der Waals surface area contributed by atoms with Crippen LogP contribution in [0.5, 0.6) is 0 Å². The molecule has 1 heterocycles. The first kappa shape index (κ1) is 15.8. The lowest BCUT2D eigenvalue weighted by Crippen LogP contribution is -2.47. The quantitative estimate of drug-likeness (QED) is 0.690. The maximum absolute atomic E-state index is 11.8. The fourth-order valence-electron chi connectivity index (χ4n) is 2.17. The van der Waals surface area contributed by atoms with Crippen LogP contribution in [-0.4, -0.2) is 49.7 Å². The van der Waals surface area contributed by atoms with Crippen molar-refractivity contribution in [2.45, 2.75) is 32.7 Å². The molecular formula is C11H23N3O2S2. The van der Waals surface area contributed by atoms with Gasteiger partial charge in [-0.25, -0.2) is 13.1 Å². The summed E-state index contributed by atoms with van der Waals surface area (Å²) in [4.78, 5) is 2.66. The lowest BCUT2D eigenvalue weighted by Gasteiger charge is -2.31. The second kappa shape index (κ2) is 6.79. The largest absolute Gasteiger partial charge is 0.392 e. The molecule has 0 aliphatic carbocycles. The first-order valence-electron chi connectivity index (χ1n) is 6.29. The van der Waals surface area contributed by atoms with Gasteiger partial charge in [0, 0.05) is 25.7 Å². The van der Waals surface area contributed by atoms with Crippen LogP contribution >= 0.6 is 12.2 Å². The first-order chi connectivity index (χ1) is 8.28. The second-order valence-corrected chi connectivity index (χ2v) is 7.63. The number of nitrogens with one attached hydrogen (secondary N) is 1. The number of nitrogens with zero attached hydrogens (tertiary/aromatic N) is 1. The van der Waals surface area contributed by atoms with Crippen molar-refractivity contribution < 1.29 is 8.42 Å². The van der Waals surface area contributed by atoms with Crippen molar-refractivity contribution in [3.8, 4) is 0 Å². The molecule has 7 heteroatoms. The molecular weight excluding hydrogens is 270 g/mol. The highest BCUT2D eigenvalue weighted by Crippen LogP contribution is 2.11. The number of thiocarbonyl (C=S) groups is 1. The smallest absolute Gasteiger partial charge is 0.212 e. The van der Waals surface area contributed by atoms with E-state index in [0.29, 0.717) is 11.5 Å². The van der Waals surface area contributed by atoms with E-state index in [1.807, 2.05) is 13.8 Å². The number of hydrogen-bond donors (Lipinski definition) is 2. The predicted octanol–water partition coefficient (Wildman–Crippen LogP) is 0.312. The SMILES string of the molecule is CC(C)CS(=O)(=O)NC1CCN(CC(N)=S)CC1. The standard InChI is InChI=1S/C11H23N3O2S2/c1-9(2)8-18(15,16)13-10-3-5-14(6-4-10)7-11(12)17/h9-10,13H,3-8H2,1-2H3,(H2,12,17). The van der Waals surface area contributed by atoms with Crippen molar-refractivity contribution in [3.63, 3.8) is 0 Å². The molecule has 0 bridgehead atoms. The van der Waals surface area contributed by atoms with Gasteiger partial charge in [-0.15, -0.1) is 0 Å². The van der Waals surface area contributed by atoms with Gasteiger partial charge in [-0.05, 0) is 18.8 Å². The Bertz CT molecular complexity index is 374. The molecule has 0 amide bonds. The third kappa shape index (κ3) is 6.08. The summed E-state index contributed by atoms with van der Waals surface area (Å²) in [6.07, 6.45) is 1.64. The van der Waals surface area contributed by atoms with E-state index >= 15 is 0 Å². The van der Waals surface area contributed by atoms with Gasteiger partial charge in [-0.1, -0.05) is 26.1 Å². The van der Waals surface area contributed by atoms with Gasteiger partial charge >= 0.3 is 0 Å². The predicted molar refractivity (Wildman–Crippen MR) is 78.0 cm³/mol. The van der Waals surface area contributed by atoms with Gasteiger partial charge in [0.15, 0.2) is 0 Å². The highest BCUT2D eigenvalue weighted by atomic mass is 32.2. The molecule has 0 aromatic heterocycles. The minimum Gasteiger partial charge on any atom is -0.392 e. The van der Waals surface area contributed by atoms with Crippen molar-refractivity contribution in [1.29, 1.82) is 0 Å². The summed E-state index contributed by atoms with van der Waals surface area (Å²) >= 11 is 4.87. The van der Waals surface area contributed by atoms with E-state index in [1.165, 1.54) is 0 Å². The van der Waals surface area contributed by atoms with Gasteiger partial charge in [0.2, 0.25) is 10.0 Å². The van der Waals surface area contributed by atoms with Crippen LogP contribution in [0.3, 0.4) is 0 Å². The normalized spacial score (nSPS) is 19.3. The molecule has 18 heavy (non-hydrogen) atoms. The molecule has 106 valence electrons. The fraction of sp³-hybridized carbons (Fsp3) is 0.909. The Hall–Kier alpha value is -0.240. The van der Waals surface area contributed by atoms with Gasteiger partial charge in [0.1, 0.15) is 0 Å². The third-order valence-corrected chi connectivity index (χ3v) is 4.79. The minimum absolute atomic E-state index is 0.0522. The zero-order valence-electron chi connectivity index (χ0n) is 11.1. The van der Waals surface area contributed by atoms with Gasteiger partial charge < -0.3 is 5.73 Å². The van der Waals surface area contributed by atoms with E-state index < -0.39 is 10.0 Å². The van der Waals surface area contributed by atoms with Gasteiger partial charge in [0.05, 0.1) is 10.7 Å². The average Bonchev–Trinajstić information content (AvgIpc) is 2.17. The van der Waals surface area contributed by atoms with E-state index in [-0.39, 0.29) is 17.7 Å². The van der Waals surface area contributed by atoms with E-state index in [1.54, 1.807) is 0 Å². The summed E-state index contributed by atoms with van der Waals surface area (Å²) in [6.45, 7) is 6.12. The van der Waals surface area contributed by atoms with Crippen molar-refractivity contribution in [2.75, 3.05) is 25.4 Å². The zero-order chi connectivity index (χ0) is 13.8. The van der Waals surface area contributed by atoms with Crippen LogP contribution in [0.1, 0.15) is 26.7 Å². The molecule has 0 saturated carbocycles. The van der Waals surface area contributed by atoms with E-state index in [2.05, 4.69) is 9.62 Å². The Morgan fingerprint density at radius 2 is 2.00 bits per heavy atom. The first-order valence-corrected chi connectivity index (χ1v) is 8.35. The van der Waals surface area contributed by atoms with Gasteiger partial charge in [-0.3, -0.25) is 4.90 Å². The number of rotatable bonds is 6. The number of likely N-dealkylation sites (tertiary alicyclic amines) is 1. The molecule has 1 aliphatic rings. The molecule has 5 nitrogen and oxygen atoms in total. The summed E-state index contributed by atoms with van der Waals surface area (Å²) in [5, 5.41) is 0. The molecule has 3 N–H and O–H groups in total. The molecule has 0 atom stereocenters. The highest BCUT2D eigenvalue weighted by molar-refractivity contribution is 7.89. The third-order valence-electron chi connectivity index (χ3n) is 2.87. The van der Waals surface area contributed by atoms with Gasteiger partial charge in [-0.2, -0.15) is 0 Å². The van der Waals surface area contributed by atoms with Crippen molar-refractivity contribution in [2.24, 2.45) is 11.7 Å². The fourth-order valence-corrected chi connectivity index (χ4v) is 4.07. The number of sulfonamides is 1. The highest BCUT2D eigenvalue weighted by Gasteiger charge is 2.23. The maximum atomic E-state index is 11.8. The summed E-state index contributed by atoms with van der Waals surface area (Å²) in [5.74, 6) is 0.345. The summed E-state index contributed by atoms with van der Waals surface area (Å²) in [5.41, 5.74) is 5.49. The minimum atomic E-state index is -3.14. The number of hydrogen-bond acceptors (Lipinski definition) is 4. The molecule has 1 rings (SSSR count). The molecule has 0 aromatic rings. The molecule has 0 spiro atoms. The summed E-state index contributed by atoms with van der Waals surface area (Å²) in [7, 11) is -3.14. The lowest BCUT2D eigenvalue weighted by atomic mass is 10.1. The van der Waals surface area contributed by atoms with Crippen LogP contribution in [0.25, 0.3) is 0 Å². The van der Waals surface area contributed by atoms with Crippen molar-refractivity contribution in [1.82, 2.24) is 9.62 Å². The maximum Gasteiger partial charge on any atom is 0.212 e. The summed E-state index contributed by atoms with van der Waals surface area (Å²) < 4.78 is 26.4. The molecule has 0 unspecified atom stereocenters. The van der Waals surface area contributed by atoms with Crippen LogP contribution in [0.2, 0.25) is 0 Å². The monoisotopic (exact) mass is 293 g/mol. The van der Waals surface area contributed by atoms with Crippen LogP contribution in [0.4, 0.5) is 0 Å². The Balaban J connectivity index is 2.37. The van der Waals surface area contributed by atoms with E-state index in [4.69, 9.17) is 18.0 Å². The molecule has 0 radical (unpaired) electrons. The van der Waals surface area contributed by atoms with Crippen molar-refractivity contribution >= 4 is 27.2 Å². The molecule has 0 aromatic carbocycles. The average molecular weight is 293 g/mol. The topological polar surface area (TPSA) is 75.4 Å². The summed E-state index contributed by atoms with van der Waals surface area (Å²) in [6, 6.07) is 0.0522. The Morgan fingerprint density at radius 1 is 1.44 bits per heavy atom. The van der Waals surface area contributed by atoms with E-state index in [0.717, 1.165) is 25.9 Å². The van der Waals surface area contributed by atoms with Crippen LogP contribution in [0, 0.1) is 5.92 Å². The van der Waals surface area contributed by atoms with Crippen molar-refractivity contribution in [3.05, 3.63) is 0 Å². The zero-order valence-corrected chi connectivity index (χ0v) is 12.7. The second-order valence-electron chi connectivity index (χ2n) is 5.31. The lowest BCUT2D eigenvalue weighted by molar-refractivity contribution is 0.232. The Labute approximate surface area is 115 Å². The molecule has 1 saturated heterocycles. The molecule has 1 aliphatic heterocycles. The van der Waals surface area contributed by atoms with Crippen LogP contribution in [-0.2, 0) is 10.0 Å². The number of piperidine rings is 1. The van der Waals surface area contributed by atoms with E-state index in [9.17, 15) is 8.42 Å². The Kier molecular flexibility index (Phi) is 5.97. The number of nitrogens with two attached hydrogens (primary N) is 1. The van der Waals surface area contributed by atoms with Crippen LogP contribution < -0.4 is 10.5 Å². The Morgan fingerprint density at radius 3 is 2.44 bits per heavy atom. The van der Waals surface area contributed by atoms with Gasteiger partial charge in [0.25, 0.3) is 0 Å². The molecule has 1 fully saturated rings.